The number of imidazole rings is 1. The molecule has 3 atom stereocenters. The van der Waals surface area contributed by atoms with Gasteiger partial charge in [0.15, 0.2) is 17.7 Å². The van der Waals surface area contributed by atoms with E-state index in [4.69, 9.17) is 10.5 Å². The molecular formula is C11H14FN5O. The molecule has 3 unspecified atom stereocenters. The van der Waals surface area contributed by atoms with Crippen molar-refractivity contribution in [3.63, 3.8) is 0 Å². The number of nitrogens with zero attached hydrogens (tertiary/aromatic N) is 4. The van der Waals surface area contributed by atoms with Gasteiger partial charge in [-0.1, -0.05) is 6.92 Å². The van der Waals surface area contributed by atoms with Gasteiger partial charge >= 0.3 is 0 Å². The van der Waals surface area contributed by atoms with E-state index in [1.165, 1.54) is 12.7 Å². The molecule has 2 aromatic rings. The molecule has 0 bridgehead atoms. The third-order valence-electron chi connectivity index (χ3n) is 3.25. The topological polar surface area (TPSA) is 78.9 Å². The summed E-state index contributed by atoms with van der Waals surface area (Å²) in [6, 6.07) is 0. The number of nitrogens with two attached hydrogens (primary N) is 1. The summed E-state index contributed by atoms with van der Waals surface area (Å²) >= 11 is 0. The normalized spacial score (nSPS) is 28.0. The van der Waals surface area contributed by atoms with E-state index in [0.29, 0.717) is 23.4 Å². The molecule has 1 aliphatic heterocycles. The average molecular weight is 251 g/mol. The number of hydrogen-bond acceptors (Lipinski definition) is 5. The second kappa shape index (κ2) is 4.16. The maximum absolute atomic E-state index is 14.0. The first-order chi connectivity index (χ1) is 8.70. The fraction of sp³-hybridized carbons (Fsp3) is 0.545. The zero-order chi connectivity index (χ0) is 12.7. The summed E-state index contributed by atoms with van der Waals surface area (Å²) in [4.78, 5) is 12.1. The van der Waals surface area contributed by atoms with Gasteiger partial charge < -0.3 is 10.5 Å². The summed E-state index contributed by atoms with van der Waals surface area (Å²) in [5, 5.41) is 0. The lowest BCUT2D eigenvalue weighted by molar-refractivity contribution is -0.0172. The summed E-state index contributed by atoms with van der Waals surface area (Å²) < 4.78 is 21.2. The molecule has 1 saturated heterocycles. The molecule has 0 aromatic carbocycles. The number of fused-ring (bicyclic) bond motifs is 1. The predicted octanol–water partition coefficient (Wildman–Crippen LogP) is 1.44. The Kier molecular flexibility index (Phi) is 2.62. The summed E-state index contributed by atoms with van der Waals surface area (Å²) in [6.07, 6.45) is 2.27. The van der Waals surface area contributed by atoms with Crippen molar-refractivity contribution in [2.24, 2.45) is 0 Å². The maximum atomic E-state index is 14.0. The number of aromatic nitrogens is 4. The van der Waals surface area contributed by atoms with Crippen molar-refractivity contribution in [3.05, 3.63) is 12.7 Å². The highest BCUT2D eigenvalue weighted by atomic mass is 19.1. The Morgan fingerprint density at radius 2 is 2.33 bits per heavy atom. The van der Waals surface area contributed by atoms with Crippen molar-refractivity contribution in [1.82, 2.24) is 19.5 Å². The minimum absolute atomic E-state index is 0.0540. The lowest BCUT2D eigenvalue weighted by atomic mass is 10.2. The fourth-order valence-corrected chi connectivity index (χ4v) is 2.26. The number of nitrogen functional groups attached to an aromatic ring is 1. The van der Waals surface area contributed by atoms with Crippen LogP contribution in [0, 0.1) is 0 Å². The summed E-state index contributed by atoms with van der Waals surface area (Å²) in [6.45, 7) is 1.98. The third kappa shape index (κ3) is 1.62. The van der Waals surface area contributed by atoms with E-state index >= 15 is 0 Å². The second-order valence-corrected chi connectivity index (χ2v) is 4.39. The van der Waals surface area contributed by atoms with Gasteiger partial charge in [0.25, 0.3) is 0 Å². The second-order valence-electron chi connectivity index (χ2n) is 4.39. The van der Waals surface area contributed by atoms with Crippen molar-refractivity contribution < 1.29 is 9.13 Å². The maximum Gasteiger partial charge on any atom is 0.168 e. The zero-order valence-electron chi connectivity index (χ0n) is 9.95. The largest absolute Gasteiger partial charge is 0.382 e. The van der Waals surface area contributed by atoms with E-state index in [9.17, 15) is 4.39 Å². The minimum atomic E-state index is -1.05. The first kappa shape index (κ1) is 11.3. The molecule has 7 heteroatoms. The van der Waals surface area contributed by atoms with Crippen molar-refractivity contribution in [2.45, 2.75) is 38.3 Å². The third-order valence-corrected chi connectivity index (χ3v) is 3.25. The van der Waals surface area contributed by atoms with Crippen LogP contribution in [0.15, 0.2) is 12.7 Å². The Labute approximate surface area is 103 Å². The van der Waals surface area contributed by atoms with Gasteiger partial charge in [-0.3, -0.25) is 4.57 Å². The van der Waals surface area contributed by atoms with Gasteiger partial charge in [0.05, 0.1) is 12.4 Å². The average Bonchev–Trinajstić information content (AvgIpc) is 2.93. The van der Waals surface area contributed by atoms with Crippen LogP contribution in [0.1, 0.15) is 26.0 Å². The highest BCUT2D eigenvalue weighted by molar-refractivity contribution is 5.81. The highest BCUT2D eigenvalue weighted by Gasteiger charge is 2.36. The fourth-order valence-electron chi connectivity index (χ4n) is 2.26. The molecular weight excluding hydrogens is 237 g/mol. The molecule has 0 radical (unpaired) electrons. The first-order valence-corrected chi connectivity index (χ1v) is 5.93. The Balaban J connectivity index is 2.02. The summed E-state index contributed by atoms with van der Waals surface area (Å²) in [5.74, 6) is 0.291. The number of rotatable bonds is 2. The van der Waals surface area contributed by atoms with E-state index in [1.54, 1.807) is 4.57 Å². The van der Waals surface area contributed by atoms with Gasteiger partial charge in [0, 0.05) is 6.42 Å². The molecule has 2 N–H and O–H groups in total. The van der Waals surface area contributed by atoms with Crippen LogP contribution in [0.25, 0.3) is 11.2 Å². The van der Waals surface area contributed by atoms with Crippen molar-refractivity contribution in [1.29, 1.82) is 0 Å². The summed E-state index contributed by atoms with van der Waals surface area (Å²) in [7, 11) is 0. The molecule has 6 nitrogen and oxygen atoms in total. The number of hydrogen-bond donors (Lipinski definition) is 1. The Hall–Kier alpha value is -1.76. The van der Waals surface area contributed by atoms with Crippen LogP contribution in [0.4, 0.5) is 10.2 Å². The molecule has 1 aliphatic rings. The van der Waals surface area contributed by atoms with Crippen LogP contribution in [0.3, 0.4) is 0 Å². The molecule has 96 valence electrons. The smallest absolute Gasteiger partial charge is 0.168 e. The van der Waals surface area contributed by atoms with Crippen molar-refractivity contribution in [3.8, 4) is 0 Å². The lowest BCUT2D eigenvalue weighted by Crippen LogP contribution is -2.16. The number of alkyl halides is 1. The monoisotopic (exact) mass is 251 g/mol. The highest BCUT2D eigenvalue weighted by Crippen LogP contribution is 2.34. The van der Waals surface area contributed by atoms with E-state index in [1.807, 2.05) is 6.92 Å². The lowest BCUT2D eigenvalue weighted by Gasteiger charge is -2.15. The SMILES string of the molecule is CCC1CC(F)C(n2cnc3c(N)ncnc32)O1. The van der Waals surface area contributed by atoms with Gasteiger partial charge in [0.1, 0.15) is 18.0 Å². The van der Waals surface area contributed by atoms with Gasteiger partial charge in [-0.05, 0) is 6.42 Å². The Morgan fingerprint density at radius 1 is 1.50 bits per heavy atom. The predicted molar refractivity (Wildman–Crippen MR) is 63.4 cm³/mol. The molecule has 0 spiro atoms. The first-order valence-electron chi connectivity index (χ1n) is 5.93. The molecule has 0 saturated carbocycles. The molecule has 2 aromatic heterocycles. The van der Waals surface area contributed by atoms with Gasteiger partial charge in [-0.2, -0.15) is 0 Å². The zero-order valence-corrected chi connectivity index (χ0v) is 9.95. The standard InChI is InChI=1S/C11H14FN5O/c1-2-6-3-7(12)11(18-6)17-5-16-8-9(13)14-4-15-10(8)17/h4-7,11H,2-3H2,1H3,(H2,13,14,15). The van der Waals surface area contributed by atoms with Crippen LogP contribution in [-0.4, -0.2) is 31.8 Å². The van der Waals surface area contributed by atoms with Crippen LogP contribution >= 0.6 is 0 Å². The molecule has 0 aliphatic carbocycles. The van der Waals surface area contributed by atoms with Crippen LogP contribution in [0.5, 0.6) is 0 Å². The van der Waals surface area contributed by atoms with Crippen molar-refractivity contribution >= 4 is 17.0 Å². The van der Waals surface area contributed by atoms with Crippen LogP contribution < -0.4 is 5.73 Å². The number of ether oxygens (including phenoxy) is 1. The van der Waals surface area contributed by atoms with Crippen LogP contribution in [0.2, 0.25) is 0 Å². The van der Waals surface area contributed by atoms with E-state index in [-0.39, 0.29) is 6.10 Å². The van der Waals surface area contributed by atoms with Gasteiger partial charge in [-0.25, -0.2) is 19.3 Å². The van der Waals surface area contributed by atoms with Gasteiger partial charge in [-0.15, -0.1) is 0 Å². The Bertz CT molecular complexity index is 572. The van der Waals surface area contributed by atoms with E-state index < -0.39 is 12.4 Å². The van der Waals surface area contributed by atoms with E-state index in [2.05, 4.69) is 15.0 Å². The van der Waals surface area contributed by atoms with Crippen molar-refractivity contribution in [2.75, 3.05) is 5.73 Å². The molecule has 1 fully saturated rings. The molecule has 0 amide bonds. The van der Waals surface area contributed by atoms with Gasteiger partial charge in [0.2, 0.25) is 0 Å². The van der Waals surface area contributed by atoms with E-state index in [0.717, 1.165) is 6.42 Å². The quantitative estimate of drug-likeness (QED) is 0.873. The Morgan fingerprint density at radius 3 is 3.06 bits per heavy atom. The molecule has 3 heterocycles. The molecule has 3 rings (SSSR count). The van der Waals surface area contributed by atoms with Crippen LogP contribution in [-0.2, 0) is 4.74 Å². The minimum Gasteiger partial charge on any atom is -0.382 e. The number of halogens is 1. The summed E-state index contributed by atoms with van der Waals surface area (Å²) in [5.41, 5.74) is 6.68. The number of anilines is 1. The molecule has 18 heavy (non-hydrogen) atoms.